The number of anilines is 1. The Hall–Kier alpha value is -3.00. The number of hydrogen-bond acceptors (Lipinski definition) is 3. The van der Waals surface area contributed by atoms with E-state index in [1.54, 1.807) is 36.4 Å². The number of para-hydroxylation sites is 1. The molecule has 28 heavy (non-hydrogen) atoms. The highest BCUT2D eigenvalue weighted by molar-refractivity contribution is 6.43. The van der Waals surface area contributed by atoms with Gasteiger partial charge in [0.15, 0.2) is 0 Å². The van der Waals surface area contributed by atoms with Crippen molar-refractivity contribution in [3.8, 4) is 17.4 Å². The van der Waals surface area contributed by atoms with Crippen LogP contribution < -0.4 is 5.32 Å². The lowest BCUT2D eigenvalue weighted by Gasteiger charge is -2.08. The lowest BCUT2D eigenvalue weighted by Crippen LogP contribution is -2.14. The summed E-state index contributed by atoms with van der Waals surface area (Å²) in [6, 6.07) is 18.0. The van der Waals surface area contributed by atoms with Gasteiger partial charge in [0.1, 0.15) is 23.2 Å². The van der Waals surface area contributed by atoms with E-state index in [1.807, 2.05) is 31.2 Å². The van der Waals surface area contributed by atoms with Crippen LogP contribution in [0.1, 0.15) is 18.2 Å². The highest BCUT2D eigenvalue weighted by Crippen LogP contribution is 2.34. The Kier molecular flexibility index (Phi) is 6.20. The number of carbonyl (C=O) groups is 1. The number of aryl methyl sites for hydroxylation is 1. The maximum Gasteiger partial charge on any atom is 0.266 e. The smallest absolute Gasteiger partial charge is 0.266 e. The van der Waals surface area contributed by atoms with Gasteiger partial charge in [-0.3, -0.25) is 4.79 Å². The number of halogens is 2. The first-order chi connectivity index (χ1) is 13.5. The van der Waals surface area contributed by atoms with E-state index in [9.17, 15) is 10.1 Å². The molecule has 1 aromatic heterocycles. The van der Waals surface area contributed by atoms with Gasteiger partial charge in [0.25, 0.3) is 5.91 Å². The van der Waals surface area contributed by atoms with E-state index in [0.717, 1.165) is 12.0 Å². The van der Waals surface area contributed by atoms with E-state index in [1.165, 1.54) is 6.08 Å². The van der Waals surface area contributed by atoms with Gasteiger partial charge in [-0.15, -0.1) is 0 Å². The van der Waals surface area contributed by atoms with Crippen LogP contribution in [-0.4, -0.2) is 5.91 Å². The second-order valence-electron chi connectivity index (χ2n) is 5.94. The molecular weight excluding hydrogens is 395 g/mol. The SMILES string of the molecule is CCc1ccccc1NC(=O)/C(C#N)=C/c1ccc(-c2cccc(Cl)c2Cl)o1. The largest absolute Gasteiger partial charge is 0.457 e. The summed E-state index contributed by atoms with van der Waals surface area (Å²) >= 11 is 12.3. The molecule has 0 aliphatic carbocycles. The molecule has 140 valence electrons. The normalized spacial score (nSPS) is 11.1. The van der Waals surface area contributed by atoms with Crippen LogP contribution >= 0.6 is 23.2 Å². The highest BCUT2D eigenvalue weighted by atomic mass is 35.5. The van der Waals surface area contributed by atoms with E-state index < -0.39 is 5.91 Å². The van der Waals surface area contributed by atoms with Crippen molar-refractivity contribution in [1.82, 2.24) is 0 Å². The number of nitrogens with zero attached hydrogens (tertiary/aromatic N) is 1. The third kappa shape index (κ3) is 4.28. The molecular formula is C22H16Cl2N2O2. The molecule has 0 saturated carbocycles. The number of carbonyl (C=O) groups excluding carboxylic acids is 1. The zero-order valence-electron chi connectivity index (χ0n) is 15.0. The standard InChI is InChI=1S/C22H16Cl2N2O2/c1-2-14-6-3-4-9-19(14)26-22(27)15(13-25)12-16-10-11-20(28-16)17-7-5-8-18(23)21(17)24/h3-12H,2H2,1H3,(H,26,27)/b15-12+. The lowest BCUT2D eigenvalue weighted by molar-refractivity contribution is -0.112. The second-order valence-corrected chi connectivity index (χ2v) is 6.72. The Morgan fingerprint density at radius 3 is 2.68 bits per heavy atom. The summed E-state index contributed by atoms with van der Waals surface area (Å²) < 4.78 is 5.73. The minimum atomic E-state index is -0.498. The number of rotatable bonds is 5. The molecule has 0 radical (unpaired) electrons. The van der Waals surface area contributed by atoms with Crippen molar-refractivity contribution in [3.63, 3.8) is 0 Å². The molecule has 0 unspecified atom stereocenters. The van der Waals surface area contributed by atoms with Crippen LogP contribution in [0.25, 0.3) is 17.4 Å². The topological polar surface area (TPSA) is 66.0 Å². The number of benzene rings is 2. The molecule has 1 amide bonds. The molecule has 4 nitrogen and oxygen atoms in total. The number of furan rings is 1. The van der Waals surface area contributed by atoms with Crippen molar-refractivity contribution < 1.29 is 9.21 Å². The van der Waals surface area contributed by atoms with E-state index >= 15 is 0 Å². The van der Waals surface area contributed by atoms with Crippen molar-refractivity contribution in [2.75, 3.05) is 5.32 Å². The van der Waals surface area contributed by atoms with Crippen LogP contribution in [0, 0.1) is 11.3 Å². The Labute approximate surface area is 173 Å². The van der Waals surface area contributed by atoms with Crippen molar-refractivity contribution in [2.24, 2.45) is 0 Å². The quantitative estimate of drug-likeness (QED) is 0.392. The fraction of sp³-hybridized carbons (Fsp3) is 0.0909. The van der Waals surface area contributed by atoms with Gasteiger partial charge >= 0.3 is 0 Å². The number of hydrogen-bond donors (Lipinski definition) is 1. The van der Waals surface area contributed by atoms with Crippen LogP contribution in [0.3, 0.4) is 0 Å². The minimum absolute atomic E-state index is 0.0657. The van der Waals surface area contributed by atoms with Crippen LogP contribution in [0.15, 0.2) is 64.6 Å². The summed E-state index contributed by atoms with van der Waals surface area (Å²) in [5, 5.41) is 13.0. The molecule has 2 aromatic carbocycles. The van der Waals surface area contributed by atoms with Gasteiger partial charge in [-0.2, -0.15) is 5.26 Å². The molecule has 0 saturated heterocycles. The van der Waals surface area contributed by atoms with Crippen molar-refractivity contribution >= 4 is 40.9 Å². The molecule has 6 heteroatoms. The zero-order chi connectivity index (χ0) is 20.1. The Bertz CT molecular complexity index is 1090. The molecule has 1 N–H and O–H groups in total. The zero-order valence-corrected chi connectivity index (χ0v) is 16.5. The van der Waals surface area contributed by atoms with Crippen LogP contribution in [0.5, 0.6) is 0 Å². The highest BCUT2D eigenvalue weighted by Gasteiger charge is 2.14. The monoisotopic (exact) mass is 410 g/mol. The molecule has 3 aromatic rings. The predicted molar refractivity (Wildman–Crippen MR) is 112 cm³/mol. The first-order valence-corrected chi connectivity index (χ1v) is 9.34. The second kappa shape index (κ2) is 8.79. The predicted octanol–water partition coefficient (Wildman–Crippen LogP) is 6.36. The first-order valence-electron chi connectivity index (χ1n) is 8.58. The van der Waals surface area contributed by atoms with E-state index in [0.29, 0.717) is 32.8 Å². The van der Waals surface area contributed by atoms with Crippen LogP contribution in [0.2, 0.25) is 10.0 Å². The van der Waals surface area contributed by atoms with Gasteiger partial charge in [0, 0.05) is 17.3 Å². The maximum absolute atomic E-state index is 12.5. The summed E-state index contributed by atoms with van der Waals surface area (Å²) in [7, 11) is 0. The molecule has 0 bridgehead atoms. The van der Waals surface area contributed by atoms with Gasteiger partial charge in [0.05, 0.1) is 10.0 Å². The summed E-state index contributed by atoms with van der Waals surface area (Å²) in [6.07, 6.45) is 2.16. The summed E-state index contributed by atoms with van der Waals surface area (Å²) in [5.74, 6) is 0.358. The molecule has 0 spiro atoms. The van der Waals surface area contributed by atoms with Crippen LogP contribution in [-0.2, 0) is 11.2 Å². The average Bonchev–Trinajstić information content (AvgIpc) is 3.17. The van der Waals surface area contributed by atoms with E-state index in [2.05, 4.69) is 5.32 Å². The van der Waals surface area contributed by atoms with Gasteiger partial charge in [-0.05, 0) is 42.3 Å². The van der Waals surface area contributed by atoms with Gasteiger partial charge in [0.2, 0.25) is 0 Å². The van der Waals surface area contributed by atoms with Gasteiger partial charge in [-0.25, -0.2) is 0 Å². The van der Waals surface area contributed by atoms with Gasteiger partial charge in [-0.1, -0.05) is 54.4 Å². The van der Waals surface area contributed by atoms with Crippen molar-refractivity contribution in [2.45, 2.75) is 13.3 Å². The maximum atomic E-state index is 12.5. The Morgan fingerprint density at radius 1 is 1.14 bits per heavy atom. The molecule has 1 heterocycles. The fourth-order valence-electron chi connectivity index (χ4n) is 2.70. The average molecular weight is 411 g/mol. The summed E-state index contributed by atoms with van der Waals surface area (Å²) in [6.45, 7) is 2.00. The third-order valence-corrected chi connectivity index (χ3v) is 4.96. The lowest BCUT2D eigenvalue weighted by atomic mass is 10.1. The Balaban J connectivity index is 1.85. The molecule has 0 aliphatic rings. The molecule has 0 atom stereocenters. The Morgan fingerprint density at radius 2 is 1.93 bits per heavy atom. The minimum Gasteiger partial charge on any atom is -0.457 e. The molecule has 0 aliphatic heterocycles. The summed E-state index contributed by atoms with van der Waals surface area (Å²) in [4.78, 5) is 12.5. The van der Waals surface area contributed by atoms with Crippen LogP contribution in [0.4, 0.5) is 5.69 Å². The fourth-order valence-corrected chi connectivity index (χ4v) is 3.09. The molecule has 0 fully saturated rings. The summed E-state index contributed by atoms with van der Waals surface area (Å²) in [5.41, 5.74) is 2.24. The van der Waals surface area contributed by atoms with E-state index in [-0.39, 0.29) is 5.57 Å². The van der Waals surface area contributed by atoms with E-state index in [4.69, 9.17) is 27.6 Å². The molecule has 3 rings (SSSR count). The van der Waals surface area contributed by atoms with Crippen molar-refractivity contribution in [3.05, 3.63) is 81.5 Å². The number of nitrogens with one attached hydrogen (secondary N) is 1. The first kappa shape index (κ1) is 19.8. The number of nitriles is 1. The third-order valence-electron chi connectivity index (χ3n) is 4.14. The van der Waals surface area contributed by atoms with Crippen molar-refractivity contribution in [1.29, 1.82) is 5.26 Å². The number of amides is 1. The van der Waals surface area contributed by atoms with Gasteiger partial charge < -0.3 is 9.73 Å².